The van der Waals surface area contributed by atoms with E-state index >= 15 is 0 Å². The Kier molecular flexibility index (Phi) is 3.94. The van der Waals surface area contributed by atoms with Crippen molar-refractivity contribution in [3.05, 3.63) is 29.6 Å². The van der Waals surface area contributed by atoms with Gasteiger partial charge in [-0.05, 0) is 25.1 Å². The molecule has 0 fully saturated rings. The van der Waals surface area contributed by atoms with Crippen molar-refractivity contribution in [3.63, 3.8) is 0 Å². The fraction of sp³-hybridized carbons (Fsp3) is 0.364. The lowest BCUT2D eigenvalue weighted by Crippen LogP contribution is -2.34. The number of halogens is 4. The summed E-state index contributed by atoms with van der Waals surface area (Å²) in [5.41, 5.74) is 0.0574. The summed E-state index contributed by atoms with van der Waals surface area (Å²) in [6.45, 7) is 0.439. The maximum Gasteiger partial charge on any atom is 0.405 e. The third kappa shape index (κ3) is 3.94. The second-order valence-corrected chi connectivity index (χ2v) is 3.44. The van der Waals surface area contributed by atoms with Crippen molar-refractivity contribution in [1.82, 2.24) is 0 Å². The van der Waals surface area contributed by atoms with Crippen LogP contribution in [0.2, 0.25) is 0 Å². The summed E-state index contributed by atoms with van der Waals surface area (Å²) in [6.07, 6.45) is -4.37. The summed E-state index contributed by atoms with van der Waals surface area (Å²) in [7, 11) is 0. The first-order valence-corrected chi connectivity index (χ1v) is 4.88. The number of nitrogens with zero attached hydrogens (tertiary/aromatic N) is 2. The molecule has 2 nitrogen and oxygen atoms in total. The molecular weight excluding hydrogens is 236 g/mol. The van der Waals surface area contributed by atoms with Gasteiger partial charge < -0.3 is 4.90 Å². The first-order valence-electron chi connectivity index (χ1n) is 4.88. The number of anilines is 1. The molecule has 0 aliphatic rings. The van der Waals surface area contributed by atoms with E-state index in [-0.39, 0.29) is 17.8 Å². The minimum atomic E-state index is -4.37. The van der Waals surface area contributed by atoms with E-state index < -0.39 is 18.5 Å². The van der Waals surface area contributed by atoms with Gasteiger partial charge in [-0.3, -0.25) is 0 Å². The van der Waals surface area contributed by atoms with Gasteiger partial charge >= 0.3 is 6.18 Å². The highest BCUT2D eigenvalue weighted by Crippen LogP contribution is 2.23. The summed E-state index contributed by atoms with van der Waals surface area (Å²) in [5, 5.41) is 8.62. The fourth-order valence-corrected chi connectivity index (χ4v) is 1.42. The quantitative estimate of drug-likeness (QED) is 0.766. The normalized spacial score (nSPS) is 11.1. The van der Waals surface area contributed by atoms with Crippen molar-refractivity contribution in [2.75, 3.05) is 18.0 Å². The van der Waals surface area contributed by atoms with Crippen molar-refractivity contribution in [2.24, 2.45) is 0 Å². The third-order valence-electron chi connectivity index (χ3n) is 2.13. The molecule has 0 atom stereocenters. The van der Waals surface area contributed by atoms with E-state index in [2.05, 4.69) is 0 Å². The maximum atomic E-state index is 13.1. The van der Waals surface area contributed by atoms with Crippen LogP contribution in [0.25, 0.3) is 0 Å². The lowest BCUT2D eigenvalue weighted by Gasteiger charge is -2.24. The average molecular weight is 246 g/mol. The molecule has 0 heterocycles. The maximum absolute atomic E-state index is 13.1. The van der Waals surface area contributed by atoms with Gasteiger partial charge in [-0.1, -0.05) is 0 Å². The topological polar surface area (TPSA) is 27.0 Å². The summed E-state index contributed by atoms with van der Waals surface area (Å²) >= 11 is 0. The van der Waals surface area contributed by atoms with E-state index in [1.165, 1.54) is 13.0 Å². The molecule has 0 saturated heterocycles. The fourth-order valence-electron chi connectivity index (χ4n) is 1.42. The van der Waals surface area contributed by atoms with Crippen molar-refractivity contribution in [1.29, 1.82) is 5.26 Å². The van der Waals surface area contributed by atoms with Gasteiger partial charge in [0.25, 0.3) is 0 Å². The summed E-state index contributed by atoms with van der Waals surface area (Å²) < 4.78 is 49.9. The number of benzene rings is 1. The standard InChI is InChI=1S/C11H10F4N2/c1-2-17(7-11(13,14)15)10-4-8(6-16)3-9(12)5-10/h3-5H,2,7H2,1H3. The second kappa shape index (κ2) is 5.04. The Hall–Kier alpha value is -1.77. The van der Waals surface area contributed by atoms with Crippen LogP contribution in [0.1, 0.15) is 12.5 Å². The Labute approximate surface area is 96.1 Å². The van der Waals surface area contributed by atoms with Crippen LogP contribution in [0.5, 0.6) is 0 Å². The largest absolute Gasteiger partial charge is 0.405 e. The Bertz CT molecular complexity index is 434. The highest BCUT2D eigenvalue weighted by atomic mass is 19.4. The molecule has 1 aromatic carbocycles. The Morgan fingerprint density at radius 3 is 2.41 bits per heavy atom. The molecule has 0 unspecified atom stereocenters. The van der Waals surface area contributed by atoms with Crippen LogP contribution >= 0.6 is 0 Å². The number of hydrogen-bond donors (Lipinski definition) is 0. The number of alkyl halides is 3. The van der Waals surface area contributed by atoms with Crippen molar-refractivity contribution in [2.45, 2.75) is 13.1 Å². The molecule has 0 aliphatic heterocycles. The lowest BCUT2D eigenvalue weighted by molar-refractivity contribution is -0.119. The zero-order chi connectivity index (χ0) is 13.1. The minimum Gasteiger partial charge on any atom is -0.363 e. The van der Waals surface area contributed by atoms with Crippen LogP contribution in [0.3, 0.4) is 0 Å². The van der Waals surface area contributed by atoms with Crippen LogP contribution in [-0.4, -0.2) is 19.3 Å². The molecular formula is C11H10F4N2. The van der Waals surface area contributed by atoms with Gasteiger partial charge in [-0.15, -0.1) is 0 Å². The van der Waals surface area contributed by atoms with E-state index in [1.54, 1.807) is 6.07 Å². The molecule has 0 saturated carbocycles. The van der Waals surface area contributed by atoms with Gasteiger partial charge in [0.15, 0.2) is 0 Å². The van der Waals surface area contributed by atoms with Crippen LogP contribution in [0.15, 0.2) is 18.2 Å². The Morgan fingerprint density at radius 2 is 1.94 bits per heavy atom. The first kappa shape index (κ1) is 13.3. The third-order valence-corrected chi connectivity index (χ3v) is 2.13. The number of hydrogen-bond acceptors (Lipinski definition) is 2. The van der Waals surface area contributed by atoms with Gasteiger partial charge in [-0.2, -0.15) is 18.4 Å². The smallest absolute Gasteiger partial charge is 0.363 e. The van der Waals surface area contributed by atoms with E-state index in [4.69, 9.17) is 5.26 Å². The first-order chi connectivity index (χ1) is 7.85. The summed E-state index contributed by atoms with van der Waals surface area (Å²) in [6, 6.07) is 4.90. The highest BCUT2D eigenvalue weighted by molar-refractivity contribution is 5.52. The molecule has 0 bridgehead atoms. The van der Waals surface area contributed by atoms with Crippen molar-refractivity contribution >= 4 is 5.69 Å². The summed E-state index contributed by atoms with van der Waals surface area (Å²) in [5.74, 6) is -0.723. The zero-order valence-electron chi connectivity index (χ0n) is 9.05. The predicted molar refractivity (Wildman–Crippen MR) is 55.1 cm³/mol. The van der Waals surface area contributed by atoms with Gasteiger partial charge in [0.2, 0.25) is 0 Å². The molecule has 1 aromatic rings. The Morgan fingerprint density at radius 1 is 1.29 bits per heavy atom. The minimum absolute atomic E-state index is 0.000578. The molecule has 0 amide bonds. The Balaban J connectivity index is 3.04. The molecule has 0 aromatic heterocycles. The number of rotatable bonds is 3. The monoisotopic (exact) mass is 246 g/mol. The van der Waals surface area contributed by atoms with E-state index in [0.717, 1.165) is 17.0 Å². The van der Waals surface area contributed by atoms with Crippen molar-refractivity contribution in [3.8, 4) is 6.07 Å². The van der Waals surface area contributed by atoms with E-state index in [9.17, 15) is 17.6 Å². The van der Waals surface area contributed by atoms with Gasteiger partial charge in [0.05, 0.1) is 11.6 Å². The molecule has 1 rings (SSSR count). The van der Waals surface area contributed by atoms with E-state index in [1.807, 2.05) is 0 Å². The molecule has 0 aliphatic carbocycles. The summed E-state index contributed by atoms with van der Waals surface area (Å²) in [4.78, 5) is 0.962. The average Bonchev–Trinajstić information content (AvgIpc) is 2.23. The molecule has 0 spiro atoms. The predicted octanol–water partition coefficient (Wildman–Crippen LogP) is 3.09. The molecule has 0 radical (unpaired) electrons. The molecule has 92 valence electrons. The van der Waals surface area contributed by atoms with Gasteiger partial charge in [-0.25, -0.2) is 4.39 Å². The highest BCUT2D eigenvalue weighted by Gasteiger charge is 2.30. The van der Waals surface area contributed by atoms with Crippen LogP contribution in [0.4, 0.5) is 23.2 Å². The molecule has 17 heavy (non-hydrogen) atoms. The zero-order valence-corrected chi connectivity index (χ0v) is 9.05. The van der Waals surface area contributed by atoms with Crippen molar-refractivity contribution < 1.29 is 17.6 Å². The van der Waals surface area contributed by atoms with Crippen LogP contribution < -0.4 is 4.90 Å². The van der Waals surface area contributed by atoms with Crippen LogP contribution in [-0.2, 0) is 0 Å². The van der Waals surface area contributed by atoms with Crippen LogP contribution in [0, 0.1) is 17.1 Å². The molecule has 0 N–H and O–H groups in total. The van der Waals surface area contributed by atoms with Gasteiger partial charge in [0, 0.05) is 12.2 Å². The second-order valence-electron chi connectivity index (χ2n) is 3.44. The van der Waals surface area contributed by atoms with Gasteiger partial charge in [0.1, 0.15) is 12.4 Å². The molecule has 6 heteroatoms. The van der Waals surface area contributed by atoms with E-state index in [0.29, 0.717) is 0 Å². The SMILES string of the molecule is CCN(CC(F)(F)F)c1cc(F)cc(C#N)c1. The lowest BCUT2D eigenvalue weighted by atomic mass is 10.2. The number of nitriles is 1.